The molecule has 0 radical (unpaired) electrons. The second kappa shape index (κ2) is 8.61. The van der Waals surface area contributed by atoms with E-state index in [2.05, 4.69) is 44.2 Å². The smallest absolute Gasteiger partial charge is 0.309 e. The zero-order chi connectivity index (χ0) is 20.4. The van der Waals surface area contributed by atoms with Crippen LogP contribution >= 0.6 is 0 Å². The summed E-state index contributed by atoms with van der Waals surface area (Å²) >= 11 is 0. The monoisotopic (exact) mass is 391 g/mol. The Balaban J connectivity index is 1.53. The predicted molar refractivity (Wildman–Crippen MR) is 118 cm³/mol. The van der Waals surface area contributed by atoms with Crippen molar-refractivity contribution in [1.29, 1.82) is 0 Å². The highest BCUT2D eigenvalue weighted by Gasteiger charge is 2.53. The summed E-state index contributed by atoms with van der Waals surface area (Å²) in [5.74, 6) is 2.09. The number of fused-ring (bicyclic) bond motifs is 2. The first-order chi connectivity index (χ1) is 14.0. The summed E-state index contributed by atoms with van der Waals surface area (Å²) in [6, 6.07) is 10.3. The van der Waals surface area contributed by atoms with Crippen LogP contribution in [0.1, 0.15) is 51.5 Å². The Morgan fingerprint density at radius 2 is 1.90 bits per heavy atom. The zero-order valence-corrected chi connectivity index (χ0v) is 17.6. The van der Waals surface area contributed by atoms with Crippen molar-refractivity contribution in [2.45, 2.75) is 52.1 Å². The minimum atomic E-state index is 0.00968. The quantitative estimate of drug-likeness (QED) is 0.545. The van der Waals surface area contributed by atoms with Gasteiger partial charge in [-0.15, -0.1) is 0 Å². The first-order valence-corrected chi connectivity index (χ1v) is 11.1. The van der Waals surface area contributed by atoms with E-state index in [9.17, 15) is 4.79 Å². The normalized spacial score (nSPS) is 35.3. The summed E-state index contributed by atoms with van der Waals surface area (Å²) in [6.45, 7) is 4.17. The van der Waals surface area contributed by atoms with Crippen LogP contribution in [0.3, 0.4) is 0 Å². The van der Waals surface area contributed by atoms with Crippen LogP contribution in [0.15, 0.2) is 60.3 Å². The molecule has 1 aromatic carbocycles. The third-order valence-corrected chi connectivity index (χ3v) is 7.34. The summed E-state index contributed by atoms with van der Waals surface area (Å²) in [5, 5.41) is 0. The molecule has 5 unspecified atom stereocenters. The van der Waals surface area contributed by atoms with Crippen molar-refractivity contribution < 1.29 is 9.53 Å². The fourth-order valence-electron chi connectivity index (χ4n) is 5.88. The summed E-state index contributed by atoms with van der Waals surface area (Å²) in [4.78, 5) is 12.4. The van der Waals surface area contributed by atoms with Gasteiger partial charge in [-0.2, -0.15) is 0 Å². The molecule has 2 aliphatic carbocycles. The Morgan fingerprint density at radius 3 is 2.69 bits per heavy atom. The molecular weight excluding hydrogens is 358 g/mol. The zero-order valence-electron chi connectivity index (χ0n) is 17.6. The first-order valence-electron chi connectivity index (χ1n) is 11.1. The number of benzene rings is 1. The lowest BCUT2D eigenvalue weighted by atomic mass is 9.57. The third kappa shape index (κ3) is 4.19. The van der Waals surface area contributed by atoms with Crippen molar-refractivity contribution in [2.75, 3.05) is 0 Å². The molecule has 154 valence electrons. The van der Waals surface area contributed by atoms with Crippen molar-refractivity contribution >= 4 is 11.5 Å². The number of nitrogens with two attached hydrogens (primary N) is 1. The van der Waals surface area contributed by atoms with Gasteiger partial charge < -0.3 is 10.5 Å². The number of carbonyl (C=O) groups excluding carboxylic acids is 1. The minimum absolute atomic E-state index is 0.00968. The second-order valence-corrected chi connectivity index (χ2v) is 9.09. The molecule has 6 atom stereocenters. The van der Waals surface area contributed by atoms with E-state index < -0.39 is 0 Å². The molecule has 3 heteroatoms. The van der Waals surface area contributed by atoms with Crippen molar-refractivity contribution in [1.82, 2.24) is 0 Å². The summed E-state index contributed by atoms with van der Waals surface area (Å²) < 4.78 is 5.65. The maximum absolute atomic E-state index is 12.4. The number of carbonyl (C=O) groups is 1. The molecule has 1 heterocycles. The van der Waals surface area contributed by atoms with Crippen LogP contribution in [0.25, 0.3) is 5.57 Å². The van der Waals surface area contributed by atoms with E-state index in [1.807, 2.05) is 24.3 Å². The lowest BCUT2D eigenvalue weighted by Gasteiger charge is -2.45. The Kier molecular flexibility index (Phi) is 5.94. The Hall–Kier alpha value is -2.29. The molecule has 3 nitrogen and oxygen atoms in total. The van der Waals surface area contributed by atoms with E-state index in [0.29, 0.717) is 23.7 Å². The molecule has 0 amide bonds. The summed E-state index contributed by atoms with van der Waals surface area (Å²) in [5.41, 5.74) is 9.47. The molecule has 0 aromatic heterocycles. The fourth-order valence-corrected chi connectivity index (χ4v) is 5.88. The standard InChI is InChI=1S/C26H33NO2/c1-17(19-8-4-3-5-9-19)12-13-21(27)14-15-23-22-11-7-6-10-20(22)16-24-25(23)18(2)29-26(24)28/h3-5,8-9,12-15,18,20,22-25H,6-7,10-11,16,27H2,1-2H3/b15-14+,17-12+,21-13-/t18?,20?,22-,23?,24?,25?/m1/s1. The molecule has 0 bridgehead atoms. The van der Waals surface area contributed by atoms with Crippen molar-refractivity contribution in [2.24, 2.45) is 35.3 Å². The van der Waals surface area contributed by atoms with Crippen LogP contribution in [-0.2, 0) is 9.53 Å². The number of allylic oxidation sites excluding steroid dienone is 5. The van der Waals surface area contributed by atoms with Gasteiger partial charge in [-0.3, -0.25) is 4.79 Å². The van der Waals surface area contributed by atoms with Gasteiger partial charge in [-0.25, -0.2) is 0 Å². The molecule has 1 aliphatic heterocycles. The molecule has 1 aromatic rings. The maximum Gasteiger partial charge on any atom is 0.309 e. The van der Waals surface area contributed by atoms with Gasteiger partial charge in [0.05, 0.1) is 5.92 Å². The first kappa shape index (κ1) is 20.0. The van der Waals surface area contributed by atoms with Crippen molar-refractivity contribution in [3.8, 4) is 0 Å². The van der Waals surface area contributed by atoms with Gasteiger partial charge in [0.2, 0.25) is 0 Å². The molecule has 29 heavy (non-hydrogen) atoms. The second-order valence-electron chi connectivity index (χ2n) is 9.09. The summed E-state index contributed by atoms with van der Waals surface area (Å²) in [7, 11) is 0. The highest BCUT2D eigenvalue weighted by molar-refractivity contribution is 5.75. The van der Waals surface area contributed by atoms with E-state index in [4.69, 9.17) is 10.5 Å². The van der Waals surface area contributed by atoms with Gasteiger partial charge in [-0.1, -0.05) is 61.7 Å². The maximum atomic E-state index is 12.4. The fraction of sp³-hybridized carbons (Fsp3) is 0.500. The average Bonchev–Trinajstić information content (AvgIpc) is 3.03. The van der Waals surface area contributed by atoms with Crippen LogP contribution < -0.4 is 5.73 Å². The molecule has 3 aliphatic rings. The Bertz CT molecular complexity index is 822. The largest absolute Gasteiger partial charge is 0.462 e. The minimum Gasteiger partial charge on any atom is -0.462 e. The molecule has 4 rings (SSSR count). The highest BCUT2D eigenvalue weighted by atomic mass is 16.6. The molecule has 0 spiro atoms. The van der Waals surface area contributed by atoms with Crippen LogP contribution in [0, 0.1) is 29.6 Å². The lowest BCUT2D eigenvalue weighted by Crippen LogP contribution is -2.42. The van der Waals surface area contributed by atoms with Crippen LogP contribution in [0.4, 0.5) is 0 Å². The van der Waals surface area contributed by atoms with Crippen LogP contribution in [-0.4, -0.2) is 12.1 Å². The number of cyclic esters (lactones) is 1. The van der Waals surface area contributed by atoms with E-state index in [1.54, 1.807) is 0 Å². The molecule has 2 N–H and O–H groups in total. The number of hydrogen-bond acceptors (Lipinski definition) is 3. The van der Waals surface area contributed by atoms with Gasteiger partial charge >= 0.3 is 5.97 Å². The predicted octanol–water partition coefficient (Wildman–Crippen LogP) is 5.49. The Morgan fingerprint density at radius 1 is 1.14 bits per heavy atom. The van der Waals surface area contributed by atoms with E-state index >= 15 is 0 Å². The molecule has 3 fully saturated rings. The van der Waals surface area contributed by atoms with Crippen LogP contribution in [0.2, 0.25) is 0 Å². The lowest BCUT2D eigenvalue weighted by molar-refractivity contribution is -0.144. The van der Waals surface area contributed by atoms with Gasteiger partial charge in [0.15, 0.2) is 0 Å². The Labute approximate surface area is 174 Å². The van der Waals surface area contributed by atoms with Gasteiger partial charge in [0, 0.05) is 11.6 Å². The number of esters is 1. The van der Waals surface area contributed by atoms with E-state index in [1.165, 1.54) is 36.8 Å². The summed E-state index contributed by atoms with van der Waals surface area (Å²) in [6.07, 6.45) is 14.6. The molecular formula is C26H33NO2. The van der Waals surface area contributed by atoms with E-state index in [0.717, 1.165) is 12.1 Å². The van der Waals surface area contributed by atoms with Gasteiger partial charge in [0.1, 0.15) is 6.10 Å². The van der Waals surface area contributed by atoms with Crippen molar-refractivity contribution in [3.05, 3.63) is 65.9 Å². The average molecular weight is 392 g/mol. The number of hydrogen-bond donors (Lipinski definition) is 1. The van der Waals surface area contributed by atoms with Gasteiger partial charge in [0.25, 0.3) is 0 Å². The highest BCUT2D eigenvalue weighted by Crippen LogP contribution is 2.53. The number of ether oxygens (including phenoxy) is 1. The molecule has 1 saturated heterocycles. The number of rotatable bonds is 4. The van der Waals surface area contributed by atoms with E-state index in [-0.39, 0.29) is 18.0 Å². The SMILES string of the molecule is C\C(=C/C=C(N)/C=C/C1C2C(C)OC(=O)C2CC2CCCC[C@H]21)c1ccccc1. The van der Waals surface area contributed by atoms with Gasteiger partial charge in [-0.05, 0) is 67.7 Å². The molecule has 2 saturated carbocycles. The van der Waals surface area contributed by atoms with Crippen LogP contribution in [0.5, 0.6) is 0 Å². The third-order valence-electron chi connectivity index (χ3n) is 7.34. The topological polar surface area (TPSA) is 52.3 Å². The van der Waals surface area contributed by atoms with Crippen molar-refractivity contribution in [3.63, 3.8) is 0 Å².